The molecule has 3 heterocycles. The van der Waals surface area contributed by atoms with Crippen LogP contribution in [0.15, 0.2) is 36.4 Å². The highest BCUT2D eigenvalue weighted by molar-refractivity contribution is 6.02. The quantitative estimate of drug-likeness (QED) is 0.540. The summed E-state index contributed by atoms with van der Waals surface area (Å²) in [7, 11) is 1.57. The van der Waals surface area contributed by atoms with Crippen molar-refractivity contribution in [1.82, 2.24) is 10.2 Å². The number of carbonyl (C=O) groups excluding carboxylic acids is 3. The van der Waals surface area contributed by atoms with Crippen molar-refractivity contribution in [3.05, 3.63) is 36.4 Å². The number of rotatable bonds is 8. The van der Waals surface area contributed by atoms with Gasteiger partial charge in [0.15, 0.2) is 0 Å². The lowest BCUT2D eigenvalue weighted by atomic mass is 9.74. The number of methoxy groups -OCH3 is 1. The molecule has 1 spiro atoms. The number of benzene rings is 1. The lowest BCUT2D eigenvalue weighted by molar-refractivity contribution is -0.141. The fourth-order valence-electron chi connectivity index (χ4n) is 6.36. The molecule has 2 N–H and O–H groups in total. The van der Waals surface area contributed by atoms with Crippen molar-refractivity contribution < 1.29 is 23.9 Å². The van der Waals surface area contributed by atoms with Crippen LogP contribution in [0.4, 0.5) is 5.69 Å². The summed E-state index contributed by atoms with van der Waals surface area (Å²) in [5.41, 5.74) is -0.526. The number of amides is 3. The molecule has 0 unspecified atom stereocenters. The molecule has 0 radical (unpaired) electrons. The third-order valence-electron chi connectivity index (χ3n) is 8.16. The molecule has 5 atom stereocenters. The number of likely N-dealkylation sites (tertiary alicyclic amines) is 1. The molecule has 8 nitrogen and oxygen atoms in total. The van der Waals surface area contributed by atoms with Gasteiger partial charge in [0.1, 0.15) is 17.4 Å². The lowest BCUT2D eigenvalue weighted by Gasteiger charge is -2.34. The molecule has 3 amide bonds. The highest BCUT2D eigenvalue weighted by Gasteiger charge is 2.72. The van der Waals surface area contributed by atoms with Crippen LogP contribution >= 0.6 is 0 Å². The summed E-state index contributed by atoms with van der Waals surface area (Å²) < 4.78 is 11.7. The minimum Gasteiger partial charge on any atom is -0.497 e. The second kappa shape index (κ2) is 9.88. The van der Waals surface area contributed by atoms with E-state index in [9.17, 15) is 14.4 Å². The van der Waals surface area contributed by atoms with Crippen LogP contribution in [0, 0.1) is 17.8 Å². The maximum Gasteiger partial charge on any atom is 0.246 e. The number of ether oxygens (including phenoxy) is 2. The number of anilines is 1. The van der Waals surface area contributed by atoms with Crippen molar-refractivity contribution in [3.8, 4) is 5.75 Å². The third kappa shape index (κ3) is 4.29. The Morgan fingerprint density at radius 3 is 2.69 bits per heavy atom. The van der Waals surface area contributed by atoms with Crippen LogP contribution in [0.25, 0.3) is 0 Å². The van der Waals surface area contributed by atoms with Crippen LogP contribution in [0.1, 0.15) is 52.4 Å². The van der Waals surface area contributed by atoms with Gasteiger partial charge in [0, 0.05) is 24.3 Å². The maximum atomic E-state index is 13.9. The van der Waals surface area contributed by atoms with Gasteiger partial charge in [-0.1, -0.05) is 51.3 Å². The molecule has 5 rings (SSSR count). The summed E-state index contributed by atoms with van der Waals surface area (Å²) in [5, 5.41) is 6.17. The Morgan fingerprint density at radius 1 is 1.19 bits per heavy atom. The van der Waals surface area contributed by atoms with Crippen LogP contribution in [0.3, 0.4) is 0 Å². The number of nitrogens with zero attached hydrogens (tertiary/aromatic N) is 1. The molecule has 1 aromatic rings. The van der Waals surface area contributed by atoms with E-state index in [0.29, 0.717) is 23.9 Å². The first-order chi connectivity index (χ1) is 17.3. The molecular formula is C28H37N3O5. The van der Waals surface area contributed by atoms with Gasteiger partial charge in [-0.25, -0.2) is 0 Å². The molecule has 8 heteroatoms. The molecule has 3 fully saturated rings. The van der Waals surface area contributed by atoms with E-state index >= 15 is 0 Å². The zero-order valence-electron chi connectivity index (χ0n) is 21.4. The largest absolute Gasteiger partial charge is 0.497 e. The molecule has 4 aliphatic rings. The first-order valence-electron chi connectivity index (χ1n) is 13.3. The predicted molar refractivity (Wildman–Crippen MR) is 135 cm³/mol. The van der Waals surface area contributed by atoms with E-state index < -0.39 is 29.6 Å². The Morgan fingerprint density at radius 2 is 1.97 bits per heavy atom. The van der Waals surface area contributed by atoms with Gasteiger partial charge in [0.05, 0.1) is 25.0 Å². The van der Waals surface area contributed by atoms with Crippen LogP contribution in [0.5, 0.6) is 5.75 Å². The summed E-state index contributed by atoms with van der Waals surface area (Å²) in [6.45, 7) is 4.66. The topological polar surface area (TPSA) is 97.0 Å². The van der Waals surface area contributed by atoms with Gasteiger partial charge >= 0.3 is 0 Å². The second-order valence-electron chi connectivity index (χ2n) is 11.0. The molecule has 2 bridgehead atoms. The van der Waals surface area contributed by atoms with Crippen molar-refractivity contribution in [2.75, 3.05) is 19.0 Å². The molecule has 0 aromatic heterocycles. The van der Waals surface area contributed by atoms with Crippen LogP contribution in [-0.2, 0) is 19.1 Å². The molecule has 1 aliphatic carbocycles. The van der Waals surface area contributed by atoms with E-state index in [0.717, 1.165) is 32.1 Å². The summed E-state index contributed by atoms with van der Waals surface area (Å²) >= 11 is 0. The van der Waals surface area contributed by atoms with E-state index in [4.69, 9.17) is 9.47 Å². The first-order valence-corrected chi connectivity index (χ1v) is 13.3. The van der Waals surface area contributed by atoms with Crippen molar-refractivity contribution >= 4 is 23.4 Å². The minimum absolute atomic E-state index is 0.124. The van der Waals surface area contributed by atoms with E-state index in [2.05, 4.69) is 24.5 Å². The zero-order valence-corrected chi connectivity index (χ0v) is 21.4. The standard InChI is InChI=1S/C28H37N3O5/c1-17(2)13-15-31-24(26(33)29-18-8-5-4-6-9-18)28-14-12-21(36-28)22(23(28)27(31)34)25(32)30-19-10-7-11-20(16-19)35-3/h7,10-12,14,16-18,21-24H,4-6,8-9,13,15H2,1-3H3,(H,29,33)(H,30,32)/t21-,22-,23-,24-,28-/m0/s1. The Bertz CT molecular complexity index is 1050. The number of hydrogen-bond donors (Lipinski definition) is 2. The molecule has 1 saturated carbocycles. The summed E-state index contributed by atoms with van der Waals surface area (Å²) in [4.78, 5) is 42.8. The Balaban J connectivity index is 1.42. The van der Waals surface area contributed by atoms with Crippen LogP contribution in [-0.4, -0.2) is 60.1 Å². The smallest absolute Gasteiger partial charge is 0.246 e. The van der Waals surface area contributed by atoms with E-state index in [1.54, 1.807) is 36.3 Å². The minimum atomic E-state index is -1.12. The molecule has 36 heavy (non-hydrogen) atoms. The summed E-state index contributed by atoms with van der Waals surface area (Å²) in [5.74, 6) is -1.05. The number of nitrogens with one attached hydrogen (secondary N) is 2. The average molecular weight is 496 g/mol. The van der Waals surface area contributed by atoms with Crippen molar-refractivity contribution in [3.63, 3.8) is 0 Å². The fourth-order valence-corrected chi connectivity index (χ4v) is 6.36. The SMILES string of the molecule is COc1cccc(NC(=O)[C@H]2[C@@H]3C=C[C@]4(O3)[C@@H]2C(=O)N(CCC(C)C)[C@H]4C(=O)NC2CCCCC2)c1. The average Bonchev–Trinajstić information content (AvgIpc) is 3.50. The molecule has 194 valence electrons. The fraction of sp³-hybridized carbons (Fsp3) is 0.607. The van der Waals surface area contributed by atoms with Crippen molar-refractivity contribution in [1.29, 1.82) is 0 Å². The number of carbonyl (C=O) groups is 3. The van der Waals surface area contributed by atoms with E-state index in [1.165, 1.54) is 6.42 Å². The monoisotopic (exact) mass is 495 g/mol. The number of fused-ring (bicyclic) bond motifs is 1. The second-order valence-corrected chi connectivity index (χ2v) is 11.0. The maximum absolute atomic E-state index is 13.9. The third-order valence-corrected chi connectivity index (χ3v) is 8.16. The van der Waals surface area contributed by atoms with Crippen molar-refractivity contribution in [2.24, 2.45) is 17.8 Å². The Labute approximate surface area is 212 Å². The molecule has 2 saturated heterocycles. The Kier molecular flexibility index (Phi) is 6.81. The van der Waals surface area contributed by atoms with Gasteiger partial charge < -0.3 is 25.0 Å². The normalized spacial score (nSPS) is 31.1. The molecule has 3 aliphatic heterocycles. The van der Waals surface area contributed by atoms with Gasteiger partial charge in [-0.05, 0) is 37.3 Å². The Hall–Kier alpha value is -2.87. The van der Waals surface area contributed by atoms with Gasteiger partial charge in [-0.15, -0.1) is 0 Å². The summed E-state index contributed by atoms with van der Waals surface area (Å²) in [6, 6.07) is 6.48. The van der Waals surface area contributed by atoms with Crippen LogP contribution in [0.2, 0.25) is 0 Å². The number of hydrogen-bond acceptors (Lipinski definition) is 5. The highest BCUT2D eigenvalue weighted by Crippen LogP contribution is 2.55. The van der Waals surface area contributed by atoms with Crippen molar-refractivity contribution in [2.45, 2.75) is 76.2 Å². The van der Waals surface area contributed by atoms with Gasteiger partial charge in [-0.3, -0.25) is 14.4 Å². The molecular weight excluding hydrogens is 458 g/mol. The summed E-state index contributed by atoms with van der Waals surface area (Å²) in [6.07, 6.45) is 9.27. The van der Waals surface area contributed by atoms with Crippen LogP contribution < -0.4 is 15.4 Å². The lowest BCUT2D eigenvalue weighted by Crippen LogP contribution is -2.56. The molecule has 1 aromatic carbocycles. The van der Waals surface area contributed by atoms with E-state index in [-0.39, 0.29) is 23.8 Å². The predicted octanol–water partition coefficient (Wildman–Crippen LogP) is 3.28. The van der Waals surface area contributed by atoms with E-state index in [1.807, 2.05) is 12.2 Å². The highest BCUT2D eigenvalue weighted by atomic mass is 16.5. The van der Waals surface area contributed by atoms with Gasteiger partial charge in [0.25, 0.3) is 0 Å². The van der Waals surface area contributed by atoms with Gasteiger partial charge in [-0.2, -0.15) is 0 Å². The van der Waals surface area contributed by atoms with Gasteiger partial charge in [0.2, 0.25) is 17.7 Å². The zero-order chi connectivity index (χ0) is 25.4. The first kappa shape index (κ1) is 24.8.